The first-order chi connectivity index (χ1) is 4.31. The maximum absolute atomic E-state index is 10.5. The minimum absolute atomic E-state index is 0.117. The topological polar surface area (TPSA) is 26.3 Å². The van der Waals surface area contributed by atoms with Gasteiger partial charge in [-0.25, -0.2) is 0 Å². The van der Waals surface area contributed by atoms with E-state index >= 15 is 0 Å². The first-order valence-electron chi connectivity index (χ1n) is 2.89. The van der Waals surface area contributed by atoms with E-state index in [0.29, 0.717) is 13.0 Å². The van der Waals surface area contributed by atoms with Crippen LogP contribution < -0.4 is 0 Å². The molecule has 0 aliphatic rings. The Balaban J connectivity index is 3.16. The normalized spacial score (nSPS) is 9.44. The third-order valence-corrected chi connectivity index (χ3v) is 1.32. The number of esters is 1. The lowest BCUT2D eigenvalue weighted by Crippen LogP contribution is -2.03. The van der Waals surface area contributed by atoms with Gasteiger partial charge in [0.25, 0.3) is 0 Å². The molecule has 0 N–H and O–H groups in total. The van der Waals surface area contributed by atoms with Crippen LogP contribution in [0.3, 0.4) is 0 Å². The van der Waals surface area contributed by atoms with Crippen LogP contribution in [-0.2, 0) is 9.53 Å². The van der Waals surface area contributed by atoms with E-state index in [-0.39, 0.29) is 5.97 Å². The molecular weight excluding hydrogens is 135 g/mol. The van der Waals surface area contributed by atoms with Crippen LogP contribution in [-0.4, -0.2) is 25.0 Å². The van der Waals surface area contributed by atoms with Crippen molar-refractivity contribution in [2.45, 2.75) is 13.3 Å². The molecule has 2 nitrogen and oxygen atoms in total. The van der Waals surface area contributed by atoms with Crippen molar-refractivity contribution in [2.75, 3.05) is 12.8 Å². The summed E-state index contributed by atoms with van der Waals surface area (Å²) in [7, 11) is 1.00. The van der Waals surface area contributed by atoms with Crippen molar-refractivity contribution >= 4 is 20.5 Å². The molecule has 0 atom stereocenters. The number of ether oxygens (including phenoxy) is 1. The molecule has 0 aliphatic carbocycles. The summed E-state index contributed by atoms with van der Waals surface area (Å²) in [5.41, 5.74) is 0. The standard InChI is InChI=1S/C6H11O2P/c1-3-8-6(7)4-5-9-2/h2-5H2,1H3. The van der Waals surface area contributed by atoms with E-state index in [9.17, 15) is 4.79 Å². The van der Waals surface area contributed by atoms with Crippen molar-refractivity contribution in [3.63, 3.8) is 0 Å². The summed E-state index contributed by atoms with van der Waals surface area (Å²) in [6.45, 7) is 2.28. The van der Waals surface area contributed by atoms with E-state index in [1.54, 1.807) is 6.92 Å². The van der Waals surface area contributed by atoms with Gasteiger partial charge < -0.3 is 4.74 Å². The SMILES string of the molecule is C=PCCC(=O)OCC. The predicted molar refractivity (Wildman–Crippen MR) is 40.2 cm³/mol. The molecule has 0 rings (SSSR count). The van der Waals surface area contributed by atoms with Gasteiger partial charge >= 0.3 is 5.97 Å². The Kier molecular flexibility index (Phi) is 5.54. The molecule has 0 aromatic carbocycles. The Labute approximate surface area is 57.0 Å². The number of hydrogen-bond donors (Lipinski definition) is 0. The minimum Gasteiger partial charge on any atom is -0.466 e. The van der Waals surface area contributed by atoms with Crippen molar-refractivity contribution < 1.29 is 9.53 Å². The van der Waals surface area contributed by atoms with Gasteiger partial charge in [-0.2, -0.15) is 0 Å². The van der Waals surface area contributed by atoms with Gasteiger partial charge in [-0.1, -0.05) is 6.30 Å². The number of rotatable bonds is 4. The van der Waals surface area contributed by atoms with Gasteiger partial charge in [0, 0.05) is 0 Å². The fourth-order valence-corrected chi connectivity index (χ4v) is 0.744. The number of carbonyl (C=O) groups excluding carboxylic acids is 1. The Morgan fingerprint density at radius 3 is 2.89 bits per heavy atom. The van der Waals surface area contributed by atoms with E-state index in [2.05, 4.69) is 11.0 Å². The van der Waals surface area contributed by atoms with Gasteiger partial charge in [0.05, 0.1) is 13.0 Å². The molecule has 0 saturated heterocycles. The molecule has 0 spiro atoms. The zero-order chi connectivity index (χ0) is 7.11. The molecular formula is C6H11O2P. The number of carbonyl (C=O) groups is 1. The van der Waals surface area contributed by atoms with E-state index in [1.807, 2.05) is 0 Å². The first-order valence-corrected chi connectivity index (χ1v) is 4.15. The van der Waals surface area contributed by atoms with Crippen molar-refractivity contribution in [3.05, 3.63) is 0 Å². The molecule has 0 radical (unpaired) electrons. The second kappa shape index (κ2) is 5.77. The smallest absolute Gasteiger partial charge is 0.306 e. The molecule has 0 bridgehead atoms. The van der Waals surface area contributed by atoms with Crippen molar-refractivity contribution in [3.8, 4) is 0 Å². The quantitative estimate of drug-likeness (QED) is 0.441. The van der Waals surface area contributed by atoms with E-state index in [0.717, 1.165) is 14.4 Å². The molecule has 52 valence electrons. The van der Waals surface area contributed by atoms with Crippen molar-refractivity contribution in [2.24, 2.45) is 0 Å². The first kappa shape index (κ1) is 8.64. The van der Waals surface area contributed by atoms with Crippen LogP contribution in [0.25, 0.3) is 0 Å². The molecule has 0 aromatic rings. The Hall–Kier alpha value is -0.360. The lowest BCUT2D eigenvalue weighted by Gasteiger charge is -1.96. The van der Waals surface area contributed by atoms with Crippen LogP contribution >= 0.6 is 8.20 Å². The Morgan fingerprint density at radius 2 is 2.44 bits per heavy atom. The van der Waals surface area contributed by atoms with Gasteiger partial charge in [-0.05, 0) is 13.1 Å². The molecule has 0 aliphatic heterocycles. The van der Waals surface area contributed by atoms with Crippen LogP contribution in [0, 0.1) is 0 Å². The Morgan fingerprint density at radius 1 is 1.78 bits per heavy atom. The lowest BCUT2D eigenvalue weighted by atomic mass is 10.5. The van der Waals surface area contributed by atoms with Gasteiger partial charge in [0.1, 0.15) is 0 Å². The molecule has 0 aromatic heterocycles. The summed E-state index contributed by atoms with van der Waals surface area (Å²) >= 11 is 0. The summed E-state index contributed by atoms with van der Waals surface area (Å²) in [4.78, 5) is 10.5. The zero-order valence-corrected chi connectivity index (χ0v) is 6.49. The van der Waals surface area contributed by atoms with Gasteiger partial charge in [-0.3, -0.25) is 4.79 Å². The summed E-state index contributed by atoms with van der Waals surface area (Å²) in [6.07, 6.45) is 4.89. The average Bonchev–Trinajstić information content (AvgIpc) is 1.85. The molecule has 0 unspecified atom stereocenters. The average molecular weight is 146 g/mol. The van der Waals surface area contributed by atoms with Crippen LogP contribution in [0.15, 0.2) is 0 Å². The van der Waals surface area contributed by atoms with Gasteiger partial charge in [-0.15, -0.1) is 8.20 Å². The molecule has 0 amide bonds. The fourth-order valence-electron chi connectivity index (χ4n) is 0.404. The van der Waals surface area contributed by atoms with Crippen molar-refractivity contribution in [1.29, 1.82) is 0 Å². The highest BCUT2D eigenvalue weighted by Gasteiger charge is 1.96. The summed E-state index contributed by atoms with van der Waals surface area (Å²) < 4.78 is 4.67. The minimum atomic E-state index is -0.117. The maximum atomic E-state index is 10.5. The fraction of sp³-hybridized carbons (Fsp3) is 0.667. The predicted octanol–water partition coefficient (Wildman–Crippen LogP) is 1.32. The zero-order valence-electron chi connectivity index (χ0n) is 5.59. The van der Waals surface area contributed by atoms with Gasteiger partial charge in [0.2, 0.25) is 0 Å². The van der Waals surface area contributed by atoms with Crippen molar-refractivity contribution in [1.82, 2.24) is 0 Å². The summed E-state index contributed by atoms with van der Waals surface area (Å²) in [5, 5.41) is 0. The highest BCUT2D eigenvalue weighted by Crippen LogP contribution is 1.95. The summed E-state index contributed by atoms with van der Waals surface area (Å²) in [5.74, 6) is -0.117. The van der Waals surface area contributed by atoms with E-state index in [4.69, 9.17) is 0 Å². The summed E-state index contributed by atoms with van der Waals surface area (Å²) in [6, 6.07) is 0. The molecule has 0 saturated carbocycles. The molecule has 9 heavy (non-hydrogen) atoms. The number of hydrogen-bond acceptors (Lipinski definition) is 2. The maximum Gasteiger partial charge on any atom is 0.306 e. The highest BCUT2D eigenvalue weighted by atomic mass is 31.1. The second-order valence-corrected chi connectivity index (χ2v) is 2.40. The largest absolute Gasteiger partial charge is 0.466 e. The molecule has 3 heteroatoms. The highest BCUT2D eigenvalue weighted by molar-refractivity contribution is 7.36. The van der Waals surface area contributed by atoms with E-state index in [1.165, 1.54) is 0 Å². The molecule has 0 heterocycles. The van der Waals surface area contributed by atoms with Crippen LogP contribution in [0.5, 0.6) is 0 Å². The monoisotopic (exact) mass is 146 g/mol. The lowest BCUT2D eigenvalue weighted by molar-refractivity contribution is -0.142. The van der Waals surface area contributed by atoms with Crippen LogP contribution in [0.1, 0.15) is 13.3 Å². The second-order valence-electron chi connectivity index (χ2n) is 1.50. The van der Waals surface area contributed by atoms with E-state index < -0.39 is 0 Å². The third kappa shape index (κ3) is 5.51. The van der Waals surface area contributed by atoms with Crippen LogP contribution in [0.2, 0.25) is 0 Å². The van der Waals surface area contributed by atoms with Gasteiger partial charge in [0.15, 0.2) is 0 Å². The molecule has 0 fully saturated rings. The third-order valence-electron chi connectivity index (χ3n) is 0.779. The Bertz CT molecular complexity index is 101. The van der Waals surface area contributed by atoms with Crippen LogP contribution in [0.4, 0.5) is 0 Å².